The number of furan rings is 1. The summed E-state index contributed by atoms with van der Waals surface area (Å²) in [4.78, 5) is 11.6. The Bertz CT molecular complexity index is 687. The third kappa shape index (κ3) is 3.22. The van der Waals surface area contributed by atoms with E-state index in [0.717, 1.165) is 10.0 Å². The minimum atomic E-state index is -1.13. The summed E-state index contributed by atoms with van der Waals surface area (Å²) in [6, 6.07) is 10.9. The van der Waals surface area contributed by atoms with Crippen molar-refractivity contribution in [1.29, 1.82) is 0 Å². The van der Waals surface area contributed by atoms with E-state index >= 15 is 0 Å². The van der Waals surface area contributed by atoms with Gasteiger partial charge in [0.05, 0.1) is 7.11 Å². The Hall–Kier alpha value is -1.95. The molecule has 0 bridgehead atoms. The molecule has 2 N–H and O–H groups in total. The van der Waals surface area contributed by atoms with Crippen LogP contribution in [0, 0.1) is 5.41 Å². The number of amides is 1. The van der Waals surface area contributed by atoms with Crippen LogP contribution in [0.4, 0.5) is 4.79 Å². The van der Waals surface area contributed by atoms with Crippen molar-refractivity contribution in [3.63, 3.8) is 0 Å². The predicted octanol–water partition coefficient (Wildman–Crippen LogP) is 4.61. The summed E-state index contributed by atoms with van der Waals surface area (Å²) in [6.07, 6.45) is -1.13. The summed E-state index contributed by atoms with van der Waals surface area (Å²) < 4.78 is 11.8. The van der Waals surface area contributed by atoms with E-state index in [-0.39, 0.29) is 0 Å². The average molecular weight is 382 g/mol. The molecule has 2 rings (SSSR count). The average Bonchev–Trinajstić information content (AvgIpc) is 2.93. The maximum absolute atomic E-state index is 11.6. The summed E-state index contributed by atoms with van der Waals surface area (Å²) in [7, 11) is 1.51. The van der Waals surface area contributed by atoms with Crippen molar-refractivity contribution >= 4 is 22.0 Å². The van der Waals surface area contributed by atoms with Crippen molar-refractivity contribution in [2.45, 2.75) is 26.3 Å². The molecule has 0 saturated heterocycles. The van der Waals surface area contributed by atoms with Gasteiger partial charge >= 0.3 is 6.09 Å². The Balaban J connectivity index is 2.73. The zero-order valence-corrected chi connectivity index (χ0v) is 15.1. The molecule has 0 aliphatic carbocycles. The molecule has 1 amide bonds. The van der Waals surface area contributed by atoms with Gasteiger partial charge in [-0.25, -0.2) is 4.79 Å². The number of benzene rings is 1. The fourth-order valence-electron chi connectivity index (χ4n) is 2.76. The van der Waals surface area contributed by atoms with Gasteiger partial charge in [0.1, 0.15) is 11.3 Å². The fourth-order valence-corrected chi connectivity index (χ4v) is 3.02. The third-order valence-corrected chi connectivity index (χ3v) is 4.38. The summed E-state index contributed by atoms with van der Waals surface area (Å²) in [5.74, 6) is 0.810. The van der Waals surface area contributed by atoms with Crippen LogP contribution in [0.2, 0.25) is 0 Å². The van der Waals surface area contributed by atoms with E-state index < -0.39 is 17.0 Å². The molecule has 0 spiro atoms. The molecule has 0 aliphatic rings. The molecule has 0 saturated carbocycles. The lowest BCUT2D eigenvalue weighted by atomic mass is 9.68. The first-order chi connectivity index (χ1) is 10.7. The van der Waals surface area contributed by atoms with Gasteiger partial charge in [-0.1, -0.05) is 48.8 Å². The van der Waals surface area contributed by atoms with Crippen LogP contribution in [0.25, 0.3) is 0 Å². The molecule has 124 valence electrons. The monoisotopic (exact) mass is 381 g/mol. The highest BCUT2D eigenvalue weighted by Gasteiger charge is 2.49. The van der Waals surface area contributed by atoms with E-state index in [1.54, 1.807) is 12.1 Å². The van der Waals surface area contributed by atoms with Crippen LogP contribution in [-0.2, 0) is 5.54 Å². The minimum Gasteiger partial charge on any atom is -0.468 e. The van der Waals surface area contributed by atoms with Crippen LogP contribution >= 0.6 is 15.9 Å². The Kier molecular flexibility index (Phi) is 4.75. The van der Waals surface area contributed by atoms with Crippen molar-refractivity contribution in [3.8, 4) is 5.95 Å². The molecule has 1 heterocycles. The zero-order chi connectivity index (χ0) is 17.3. The van der Waals surface area contributed by atoms with E-state index in [1.165, 1.54) is 7.11 Å². The van der Waals surface area contributed by atoms with Crippen LogP contribution < -0.4 is 10.1 Å². The molecule has 0 fully saturated rings. The largest absolute Gasteiger partial charge is 0.468 e. The van der Waals surface area contributed by atoms with Gasteiger partial charge in [-0.3, -0.25) is 0 Å². The Morgan fingerprint density at radius 3 is 2.22 bits per heavy atom. The topological polar surface area (TPSA) is 71.7 Å². The Morgan fingerprint density at radius 1 is 1.17 bits per heavy atom. The summed E-state index contributed by atoms with van der Waals surface area (Å²) >= 11 is 3.40. The van der Waals surface area contributed by atoms with E-state index in [4.69, 9.17) is 9.15 Å². The normalized spacial score (nSPS) is 14.1. The second-order valence-corrected chi connectivity index (χ2v) is 7.18. The van der Waals surface area contributed by atoms with Crippen LogP contribution in [0.5, 0.6) is 5.95 Å². The number of carbonyl (C=O) groups is 1. The maximum Gasteiger partial charge on any atom is 0.405 e. The number of nitrogens with one attached hydrogen (secondary N) is 1. The van der Waals surface area contributed by atoms with E-state index in [1.807, 2.05) is 45.0 Å². The number of carboxylic acid groups (broad SMARTS) is 1. The molecule has 0 radical (unpaired) electrons. The van der Waals surface area contributed by atoms with Gasteiger partial charge in [0, 0.05) is 10.5 Å². The van der Waals surface area contributed by atoms with E-state index in [0.29, 0.717) is 11.7 Å². The minimum absolute atomic E-state index is 0.331. The van der Waals surface area contributed by atoms with Crippen LogP contribution in [0.1, 0.15) is 32.1 Å². The Labute approximate surface area is 143 Å². The van der Waals surface area contributed by atoms with Crippen molar-refractivity contribution in [2.75, 3.05) is 7.11 Å². The lowest BCUT2D eigenvalue weighted by molar-refractivity contribution is 0.122. The number of ether oxygens (including phenoxy) is 1. The van der Waals surface area contributed by atoms with Gasteiger partial charge < -0.3 is 19.6 Å². The molecule has 2 aromatic rings. The van der Waals surface area contributed by atoms with Gasteiger partial charge in [-0.05, 0) is 29.2 Å². The lowest BCUT2D eigenvalue weighted by Gasteiger charge is -2.43. The van der Waals surface area contributed by atoms with Gasteiger partial charge in [0.2, 0.25) is 0 Å². The van der Waals surface area contributed by atoms with Crippen LogP contribution in [-0.4, -0.2) is 18.3 Å². The van der Waals surface area contributed by atoms with Crippen molar-refractivity contribution in [3.05, 3.63) is 52.2 Å². The van der Waals surface area contributed by atoms with Crippen LogP contribution in [0.3, 0.4) is 0 Å². The highest BCUT2D eigenvalue weighted by Crippen LogP contribution is 2.46. The second-order valence-electron chi connectivity index (χ2n) is 6.26. The third-order valence-electron chi connectivity index (χ3n) is 3.85. The predicted molar refractivity (Wildman–Crippen MR) is 90.8 cm³/mol. The molecular formula is C17H20BrNO4. The highest BCUT2D eigenvalue weighted by atomic mass is 79.9. The summed E-state index contributed by atoms with van der Waals surface area (Å²) in [5.41, 5.74) is -0.772. The molecule has 1 aromatic heterocycles. The van der Waals surface area contributed by atoms with E-state index in [2.05, 4.69) is 21.2 Å². The molecule has 0 aliphatic heterocycles. The van der Waals surface area contributed by atoms with E-state index in [9.17, 15) is 9.90 Å². The first kappa shape index (κ1) is 17.4. The number of rotatable bonds is 4. The van der Waals surface area contributed by atoms with Gasteiger partial charge in [-0.2, -0.15) is 0 Å². The number of hydrogen-bond donors (Lipinski definition) is 2. The smallest absolute Gasteiger partial charge is 0.405 e. The van der Waals surface area contributed by atoms with Crippen molar-refractivity contribution in [2.24, 2.45) is 5.41 Å². The number of methoxy groups -OCH3 is 1. The van der Waals surface area contributed by atoms with Crippen LogP contribution in [0.15, 0.2) is 45.3 Å². The number of hydrogen-bond acceptors (Lipinski definition) is 3. The van der Waals surface area contributed by atoms with Crippen molar-refractivity contribution < 1.29 is 19.1 Å². The first-order valence-electron chi connectivity index (χ1n) is 7.12. The quantitative estimate of drug-likeness (QED) is 0.810. The second kappa shape index (κ2) is 6.28. The molecule has 1 unspecified atom stereocenters. The zero-order valence-electron chi connectivity index (χ0n) is 13.5. The highest BCUT2D eigenvalue weighted by molar-refractivity contribution is 9.10. The number of halogens is 1. The van der Waals surface area contributed by atoms with Gasteiger partial charge in [-0.15, -0.1) is 0 Å². The molecule has 23 heavy (non-hydrogen) atoms. The summed E-state index contributed by atoms with van der Waals surface area (Å²) in [5, 5.41) is 12.1. The van der Waals surface area contributed by atoms with Gasteiger partial charge in [0.25, 0.3) is 5.95 Å². The molecule has 6 heteroatoms. The standard InChI is InChI=1S/C17H20BrNO4/c1-16(2,3)17(19-15(20)21,11-5-7-12(18)8-6-11)13-9-10-14(22-4)23-13/h5-10,19H,1-4H3,(H,20,21). The molecule has 5 nitrogen and oxygen atoms in total. The molecule has 1 atom stereocenters. The van der Waals surface area contributed by atoms with Gasteiger partial charge in [0.15, 0.2) is 0 Å². The summed E-state index contributed by atoms with van der Waals surface area (Å²) in [6.45, 7) is 5.87. The Morgan fingerprint density at radius 2 is 1.78 bits per heavy atom. The van der Waals surface area contributed by atoms with Crippen molar-refractivity contribution in [1.82, 2.24) is 5.32 Å². The maximum atomic E-state index is 11.6. The first-order valence-corrected chi connectivity index (χ1v) is 7.91. The fraction of sp³-hybridized carbons (Fsp3) is 0.353. The molecule has 1 aromatic carbocycles. The molecular weight excluding hydrogens is 362 g/mol. The SMILES string of the molecule is COc1ccc(C(NC(=O)O)(c2ccc(Br)cc2)C(C)(C)C)o1. The lowest BCUT2D eigenvalue weighted by Crippen LogP contribution is -2.54.